The summed E-state index contributed by atoms with van der Waals surface area (Å²) in [7, 11) is -9.87. The van der Waals surface area contributed by atoms with Gasteiger partial charge in [-0.1, -0.05) is 31.6 Å². The Balaban J connectivity index is 2.37. The van der Waals surface area contributed by atoms with Crippen LogP contribution in [0.2, 0.25) is 0 Å². The van der Waals surface area contributed by atoms with E-state index in [0.29, 0.717) is 12.1 Å². The van der Waals surface area contributed by atoms with Crippen LogP contribution in [0.5, 0.6) is 0 Å². The molecular weight excluding hydrogens is 403 g/mol. The quantitative estimate of drug-likeness (QED) is 0.477. The van der Waals surface area contributed by atoms with E-state index in [2.05, 4.69) is 0 Å². The highest BCUT2D eigenvalue weighted by molar-refractivity contribution is 8.45. The predicted molar refractivity (Wildman–Crippen MR) is 87.7 cm³/mol. The van der Waals surface area contributed by atoms with E-state index in [1.165, 1.54) is 0 Å². The highest BCUT2D eigenvalue weighted by Crippen LogP contribution is 3.02. The molecule has 1 aliphatic rings. The number of hydrogen-bond donors (Lipinski definition) is 0. The van der Waals surface area contributed by atoms with Gasteiger partial charge in [-0.25, -0.2) is 13.6 Å². The topological polar surface area (TPSA) is 29.5 Å². The fraction of sp³-hybridized carbons (Fsp3) is 0.562. The Bertz CT molecular complexity index is 726. The van der Waals surface area contributed by atoms with Gasteiger partial charge in [-0.2, -0.15) is 0 Å². The van der Waals surface area contributed by atoms with Crippen LogP contribution in [0.3, 0.4) is 0 Å². The predicted octanol–water partition coefficient (Wildman–Crippen LogP) is 7.05. The summed E-state index contributed by atoms with van der Waals surface area (Å²) in [4.78, 5) is 11.2. The monoisotopic (exact) mass is 423 g/mol. The lowest BCUT2D eigenvalue weighted by molar-refractivity contribution is -0.0809. The Morgan fingerprint density at radius 1 is 1.11 bits per heavy atom. The summed E-state index contributed by atoms with van der Waals surface area (Å²) in [5.74, 6) is -3.15. The van der Waals surface area contributed by atoms with E-state index in [1.807, 2.05) is 0 Å². The number of alkyl halides is 2. The second kappa shape index (κ2) is 5.68. The van der Waals surface area contributed by atoms with Gasteiger partial charge < -0.3 is 9.64 Å². The number of carbonyl (C=O) groups excluding carboxylic acids is 1. The van der Waals surface area contributed by atoms with Gasteiger partial charge in [0.15, 0.2) is 0 Å². The smallest absolute Gasteiger partial charge is 0.410 e. The summed E-state index contributed by atoms with van der Waals surface area (Å²) in [5.41, 5.74) is -1.01. The number of piperidine rings is 1. The molecule has 1 aromatic rings. The first-order valence-electron chi connectivity index (χ1n) is 7.99. The summed E-state index contributed by atoms with van der Waals surface area (Å²) < 4.78 is 97.0. The van der Waals surface area contributed by atoms with Crippen LogP contribution in [0, 0.1) is 0 Å². The molecule has 1 fully saturated rings. The van der Waals surface area contributed by atoms with Crippen molar-refractivity contribution in [3.8, 4) is 0 Å². The molecule has 0 radical (unpaired) electrons. The molecule has 1 atom stereocenters. The third kappa shape index (κ3) is 5.66. The molecule has 2 rings (SSSR count). The van der Waals surface area contributed by atoms with Gasteiger partial charge >= 0.3 is 16.3 Å². The maximum Gasteiger partial charge on any atom is 0.410 e. The van der Waals surface area contributed by atoms with Gasteiger partial charge in [0.05, 0.1) is 6.04 Å². The van der Waals surface area contributed by atoms with Gasteiger partial charge in [-0.05, 0) is 38.5 Å². The Kier molecular flexibility index (Phi) is 4.55. The lowest BCUT2D eigenvalue weighted by Crippen LogP contribution is -2.46. The summed E-state index contributed by atoms with van der Waals surface area (Å²) in [6.45, 7) is 4.33. The number of carbonyl (C=O) groups is 1. The minimum absolute atomic E-state index is 0.106. The summed E-state index contributed by atoms with van der Waals surface area (Å²) in [6.07, 6.45) is -2.38. The van der Waals surface area contributed by atoms with Crippen LogP contribution in [0.15, 0.2) is 29.2 Å². The number of rotatable bonds is 2. The first-order chi connectivity index (χ1) is 11.8. The van der Waals surface area contributed by atoms with Gasteiger partial charge in [0.25, 0.3) is 5.92 Å². The first-order valence-corrected chi connectivity index (χ1v) is 9.94. The van der Waals surface area contributed by atoms with E-state index < -0.39 is 51.6 Å². The number of hydrogen-bond acceptors (Lipinski definition) is 2. The standard InChI is InChI=1S/C16H20F7NO2S/c1-15(2,3)26-14(25)24-9-8-16(17,18)10-13(24)11-4-6-12(7-5-11)27(19,20,21,22)23/h4-7,13H,8-10H2,1-3H3. The maximum absolute atomic E-state index is 13.8. The number of nitrogens with zero attached hydrogens (tertiary/aromatic N) is 1. The lowest BCUT2D eigenvalue weighted by Gasteiger charge is -2.42. The molecule has 1 unspecified atom stereocenters. The molecule has 156 valence electrons. The third-order valence-corrected chi connectivity index (χ3v) is 5.09. The van der Waals surface area contributed by atoms with E-state index in [1.54, 1.807) is 20.8 Å². The number of amides is 1. The molecule has 1 amide bonds. The molecule has 3 nitrogen and oxygen atoms in total. The van der Waals surface area contributed by atoms with Crippen LogP contribution < -0.4 is 0 Å². The third-order valence-electron chi connectivity index (χ3n) is 3.92. The Hall–Kier alpha value is -1.65. The Labute approximate surface area is 152 Å². The van der Waals surface area contributed by atoms with Crippen LogP contribution in [-0.4, -0.2) is 29.1 Å². The molecule has 0 aromatic heterocycles. The summed E-state index contributed by atoms with van der Waals surface area (Å²) in [6, 6.07) is 0.386. The van der Waals surface area contributed by atoms with Gasteiger partial charge in [-0.15, -0.1) is 0 Å². The van der Waals surface area contributed by atoms with Crippen molar-refractivity contribution in [2.75, 3.05) is 6.54 Å². The van der Waals surface area contributed by atoms with Crippen LogP contribution in [-0.2, 0) is 4.74 Å². The molecule has 1 aliphatic heterocycles. The van der Waals surface area contributed by atoms with E-state index in [4.69, 9.17) is 4.74 Å². The van der Waals surface area contributed by atoms with Crippen molar-refractivity contribution in [2.24, 2.45) is 0 Å². The molecule has 0 bridgehead atoms. The number of ether oxygens (including phenoxy) is 1. The van der Waals surface area contributed by atoms with E-state index in [0.717, 1.165) is 4.90 Å². The molecule has 0 aliphatic carbocycles. The van der Waals surface area contributed by atoms with Crippen LogP contribution in [0.4, 0.5) is 33.0 Å². The molecule has 27 heavy (non-hydrogen) atoms. The minimum Gasteiger partial charge on any atom is -0.444 e. The molecule has 1 heterocycles. The molecule has 0 spiro atoms. The second-order valence-corrected chi connectivity index (χ2v) is 9.95. The largest absolute Gasteiger partial charge is 0.444 e. The van der Waals surface area contributed by atoms with Gasteiger partial charge in [0.2, 0.25) is 0 Å². The van der Waals surface area contributed by atoms with Gasteiger partial charge in [-0.3, -0.25) is 0 Å². The van der Waals surface area contributed by atoms with Crippen molar-refractivity contribution in [2.45, 2.75) is 56.1 Å². The van der Waals surface area contributed by atoms with Crippen molar-refractivity contribution in [3.63, 3.8) is 0 Å². The van der Waals surface area contributed by atoms with Crippen LogP contribution in [0.1, 0.15) is 45.2 Å². The van der Waals surface area contributed by atoms with E-state index in [-0.39, 0.29) is 24.2 Å². The van der Waals surface area contributed by atoms with Gasteiger partial charge in [0, 0.05) is 19.4 Å². The van der Waals surface area contributed by atoms with Crippen LogP contribution in [0.25, 0.3) is 0 Å². The fourth-order valence-corrected chi connectivity index (χ4v) is 3.37. The SMILES string of the molecule is CC(C)(C)OC(=O)N1CCC(F)(F)CC1c1ccc(S(F)(F)(F)(F)F)cc1. The van der Waals surface area contributed by atoms with Crippen molar-refractivity contribution in [3.05, 3.63) is 29.8 Å². The van der Waals surface area contributed by atoms with Crippen LogP contribution >= 0.6 is 10.2 Å². The van der Waals surface area contributed by atoms with Crippen molar-refractivity contribution < 1.29 is 37.7 Å². The average molecular weight is 423 g/mol. The molecule has 0 N–H and O–H groups in total. The highest BCUT2D eigenvalue weighted by Gasteiger charge is 2.65. The maximum atomic E-state index is 13.8. The minimum atomic E-state index is -9.87. The summed E-state index contributed by atoms with van der Waals surface area (Å²) >= 11 is 0. The fourth-order valence-electron chi connectivity index (χ4n) is 2.72. The van der Waals surface area contributed by atoms with Gasteiger partial charge in [0.1, 0.15) is 10.5 Å². The normalized spacial score (nSPS) is 23.3. The molecule has 1 aromatic carbocycles. The highest BCUT2D eigenvalue weighted by atomic mass is 32.5. The molecule has 1 saturated heterocycles. The lowest BCUT2D eigenvalue weighted by atomic mass is 9.93. The molecule has 0 saturated carbocycles. The molecule has 11 heteroatoms. The van der Waals surface area contributed by atoms with Crippen molar-refractivity contribution in [1.29, 1.82) is 0 Å². The molecular formula is C16H20F7NO2S. The zero-order valence-corrected chi connectivity index (χ0v) is 15.6. The van der Waals surface area contributed by atoms with Crippen molar-refractivity contribution in [1.82, 2.24) is 4.90 Å². The van der Waals surface area contributed by atoms with E-state index >= 15 is 0 Å². The number of benzene rings is 1. The average Bonchev–Trinajstić information content (AvgIpc) is 2.42. The zero-order chi connectivity index (χ0) is 21.0. The first kappa shape index (κ1) is 21.6. The second-order valence-electron chi connectivity index (χ2n) is 7.54. The number of halogens is 7. The van der Waals surface area contributed by atoms with E-state index in [9.17, 15) is 33.0 Å². The van der Waals surface area contributed by atoms with Crippen molar-refractivity contribution >= 4 is 16.3 Å². The Morgan fingerprint density at radius 2 is 1.63 bits per heavy atom. The Morgan fingerprint density at radius 3 is 2.07 bits per heavy atom. The number of likely N-dealkylation sites (tertiary alicyclic amines) is 1. The zero-order valence-electron chi connectivity index (χ0n) is 14.8. The summed E-state index contributed by atoms with van der Waals surface area (Å²) in [5, 5.41) is 0.